The highest BCUT2D eigenvalue weighted by atomic mass is 35.5. The van der Waals surface area contributed by atoms with Gasteiger partial charge in [0.2, 0.25) is 5.95 Å². The third kappa shape index (κ3) is 3.24. The number of imidazole rings is 1. The molecule has 3 heterocycles. The number of benzene rings is 2. The maximum atomic E-state index is 13.4. The van der Waals surface area contributed by atoms with E-state index in [-0.39, 0.29) is 11.2 Å². The van der Waals surface area contributed by atoms with Crippen LogP contribution in [-0.2, 0) is 26.6 Å². The Morgan fingerprint density at radius 2 is 1.81 bits per heavy atom. The molecule has 0 aliphatic carbocycles. The number of hydrogen-bond donors (Lipinski definition) is 0. The van der Waals surface area contributed by atoms with Gasteiger partial charge in [0.05, 0.1) is 0 Å². The van der Waals surface area contributed by atoms with Gasteiger partial charge in [-0.2, -0.15) is 4.98 Å². The highest BCUT2D eigenvalue weighted by molar-refractivity contribution is 6.31. The van der Waals surface area contributed by atoms with E-state index in [4.69, 9.17) is 16.6 Å². The van der Waals surface area contributed by atoms with Gasteiger partial charge in [-0.1, -0.05) is 48.0 Å². The standard InChI is InChI=1S/C24H24ClN5O2/c1-16-18(25)11-6-12-19(16)28-14-15-29-20-21(26-23(28)29)27(2)24(32)30(22(20)31)13-7-10-17-8-4-3-5-9-17/h3-6,8-9,11-12H,7,10,13-15H2,1-2H3. The molecule has 1 aliphatic rings. The van der Waals surface area contributed by atoms with E-state index in [1.165, 1.54) is 14.7 Å². The Kier molecular flexibility index (Phi) is 5.13. The van der Waals surface area contributed by atoms with E-state index in [1.807, 2.05) is 47.9 Å². The van der Waals surface area contributed by atoms with Gasteiger partial charge in [-0.3, -0.25) is 13.9 Å². The van der Waals surface area contributed by atoms with Crippen LogP contribution in [-0.4, -0.2) is 25.2 Å². The Morgan fingerprint density at radius 1 is 1.03 bits per heavy atom. The first-order valence-corrected chi connectivity index (χ1v) is 11.1. The highest BCUT2D eigenvalue weighted by Crippen LogP contribution is 2.35. The molecule has 4 aromatic rings. The fourth-order valence-electron chi connectivity index (χ4n) is 4.48. The molecular weight excluding hydrogens is 426 g/mol. The summed E-state index contributed by atoms with van der Waals surface area (Å²) < 4.78 is 4.74. The summed E-state index contributed by atoms with van der Waals surface area (Å²) in [6.07, 6.45) is 1.51. The fraction of sp³-hybridized carbons (Fsp3) is 0.292. The molecule has 0 atom stereocenters. The Balaban J connectivity index is 1.55. The monoisotopic (exact) mass is 449 g/mol. The predicted molar refractivity (Wildman–Crippen MR) is 127 cm³/mol. The smallest absolute Gasteiger partial charge is 0.310 e. The second kappa shape index (κ2) is 7.98. The van der Waals surface area contributed by atoms with Crippen LogP contribution >= 0.6 is 11.6 Å². The number of halogens is 1. The molecule has 0 saturated carbocycles. The minimum absolute atomic E-state index is 0.278. The van der Waals surface area contributed by atoms with Gasteiger partial charge in [0, 0.05) is 37.4 Å². The Bertz CT molecular complexity index is 1440. The van der Waals surface area contributed by atoms with E-state index in [0.717, 1.165) is 17.7 Å². The van der Waals surface area contributed by atoms with Gasteiger partial charge in [0.15, 0.2) is 11.2 Å². The minimum atomic E-state index is -0.335. The minimum Gasteiger partial charge on any atom is -0.310 e. The summed E-state index contributed by atoms with van der Waals surface area (Å²) in [5.74, 6) is 0.666. The lowest BCUT2D eigenvalue weighted by molar-refractivity contribution is 0.570. The van der Waals surface area contributed by atoms with Gasteiger partial charge in [-0.25, -0.2) is 4.79 Å². The summed E-state index contributed by atoms with van der Waals surface area (Å²) in [5.41, 5.74) is 3.39. The van der Waals surface area contributed by atoms with E-state index in [2.05, 4.69) is 17.0 Å². The predicted octanol–water partition coefficient (Wildman–Crippen LogP) is 3.64. The molecule has 1 aliphatic heterocycles. The number of aryl methyl sites for hydroxylation is 2. The first-order chi connectivity index (χ1) is 15.5. The van der Waals surface area contributed by atoms with E-state index >= 15 is 0 Å². The van der Waals surface area contributed by atoms with Crippen LogP contribution in [0.1, 0.15) is 17.5 Å². The summed E-state index contributed by atoms with van der Waals surface area (Å²) >= 11 is 6.33. The van der Waals surface area contributed by atoms with Gasteiger partial charge in [-0.15, -0.1) is 0 Å². The quantitative estimate of drug-likeness (QED) is 0.466. The van der Waals surface area contributed by atoms with Crippen molar-refractivity contribution in [3.8, 4) is 0 Å². The molecule has 2 aromatic carbocycles. The van der Waals surface area contributed by atoms with Crippen molar-refractivity contribution in [1.82, 2.24) is 18.7 Å². The molecule has 0 radical (unpaired) electrons. The average molecular weight is 450 g/mol. The summed E-state index contributed by atoms with van der Waals surface area (Å²) in [4.78, 5) is 33.1. The van der Waals surface area contributed by atoms with Crippen LogP contribution in [0.2, 0.25) is 5.02 Å². The second-order valence-electron chi connectivity index (χ2n) is 8.16. The number of hydrogen-bond acceptors (Lipinski definition) is 4. The van der Waals surface area contributed by atoms with Crippen molar-refractivity contribution >= 4 is 34.4 Å². The molecular formula is C24H24ClN5O2. The van der Waals surface area contributed by atoms with Crippen LogP contribution in [0.3, 0.4) is 0 Å². The van der Waals surface area contributed by atoms with E-state index in [9.17, 15) is 9.59 Å². The summed E-state index contributed by atoms with van der Waals surface area (Å²) in [6.45, 7) is 3.65. The third-order valence-corrected chi connectivity index (χ3v) is 6.63. The van der Waals surface area contributed by atoms with Crippen LogP contribution in [0.5, 0.6) is 0 Å². The van der Waals surface area contributed by atoms with Crippen molar-refractivity contribution in [2.45, 2.75) is 32.9 Å². The van der Waals surface area contributed by atoms with Gasteiger partial charge in [0.1, 0.15) is 0 Å². The van der Waals surface area contributed by atoms with Crippen LogP contribution in [0.4, 0.5) is 11.6 Å². The lowest BCUT2D eigenvalue weighted by Gasteiger charge is -2.19. The molecule has 0 amide bonds. The van der Waals surface area contributed by atoms with Crippen LogP contribution < -0.4 is 16.1 Å². The molecule has 0 fully saturated rings. The normalized spacial score (nSPS) is 13.2. The van der Waals surface area contributed by atoms with Crippen molar-refractivity contribution in [1.29, 1.82) is 0 Å². The Morgan fingerprint density at radius 3 is 2.59 bits per heavy atom. The number of nitrogens with zero attached hydrogens (tertiary/aromatic N) is 5. The molecule has 5 rings (SSSR count). The molecule has 7 nitrogen and oxygen atoms in total. The van der Waals surface area contributed by atoms with Gasteiger partial charge >= 0.3 is 5.69 Å². The van der Waals surface area contributed by atoms with Crippen molar-refractivity contribution in [2.75, 3.05) is 11.4 Å². The topological polar surface area (TPSA) is 65.1 Å². The molecule has 32 heavy (non-hydrogen) atoms. The number of aromatic nitrogens is 4. The molecule has 0 spiro atoms. The molecule has 0 N–H and O–H groups in total. The molecule has 164 valence electrons. The molecule has 8 heteroatoms. The summed E-state index contributed by atoms with van der Waals surface area (Å²) in [7, 11) is 1.68. The highest BCUT2D eigenvalue weighted by Gasteiger charge is 2.29. The van der Waals surface area contributed by atoms with E-state index in [1.54, 1.807) is 7.05 Å². The second-order valence-corrected chi connectivity index (χ2v) is 8.57. The van der Waals surface area contributed by atoms with Gasteiger partial charge in [-0.05, 0) is 43.0 Å². The van der Waals surface area contributed by atoms with Crippen molar-refractivity contribution < 1.29 is 0 Å². The third-order valence-electron chi connectivity index (χ3n) is 6.22. The zero-order chi connectivity index (χ0) is 22.4. The molecule has 0 bridgehead atoms. The molecule has 2 aromatic heterocycles. The Hall–Kier alpha value is -3.32. The Labute approximate surface area is 190 Å². The van der Waals surface area contributed by atoms with E-state index in [0.29, 0.717) is 48.2 Å². The number of anilines is 2. The lowest BCUT2D eigenvalue weighted by atomic mass is 10.1. The van der Waals surface area contributed by atoms with Crippen molar-refractivity contribution in [3.63, 3.8) is 0 Å². The van der Waals surface area contributed by atoms with Gasteiger partial charge in [0.25, 0.3) is 5.56 Å². The average Bonchev–Trinajstić information content (AvgIpc) is 3.37. The fourth-order valence-corrected chi connectivity index (χ4v) is 4.65. The maximum Gasteiger partial charge on any atom is 0.332 e. The maximum absolute atomic E-state index is 13.4. The number of fused-ring (bicyclic) bond motifs is 3. The van der Waals surface area contributed by atoms with Crippen molar-refractivity contribution in [2.24, 2.45) is 7.05 Å². The first-order valence-electron chi connectivity index (χ1n) is 10.7. The zero-order valence-electron chi connectivity index (χ0n) is 18.1. The summed E-state index contributed by atoms with van der Waals surface area (Å²) in [6, 6.07) is 15.8. The lowest BCUT2D eigenvalue weighted by Crippen LogP contribution is -2.39. The van der Waals surface area contributed by atoms with Crippen LogP contribution in [0.25, 0.3) is 11.2 Å². The SMILES string of the molecule is Cc1c(Cl)cccc1N1CCn2c1nc1c2c(=O)n(CCCc2ccccc2)c(=O)n1C. The van der Waals surface area contributed by atoms with Gasteiger partial charge < -0.3 is 9.47 Å². The molecule has 0 unspecified atom stereocenters. The van der Waals surface area contributed by atoms with Crippen molar-refractivity contribution in [3.05, 3.63) is 85.5 Å². The molecule has 0 saturated heterocycles. The largest absolute Gasteiger partial charge is 0.332 e. The van der Waals surface area contributed by atoms with Crippen LogP contribution in [0.15, 0.2) is 58.1 Å². The zero-order valence-corrected chi connectivity index (χ0v) is 18.8. The van der Waals surface area contributed by atoms with E-state index < -0.39 is 0 Å². The number of rotatable bonds is 5. The summed E-state index contributed by atoms with van der Waals surface area (Å²) in [5, 5.41) is 0.685. The van der Waals surface area contributed by atoms with Crippen LogP contribution in [0, 0.1) is 6.92 Å². The first kappa shape index (κ1) is 20.6.